The van der Waals surface area contributed by atoms with Gasteiger partial charge in [-0.05, 0) is 43.8 Å². The minimum Gasteiger partial charge on any atom is -0.453 e. The Labute approximate surface area is 166 Å². The highest BCUT2D eigenvalue weighted by atomic mass is 32.1. The number of aromatic nitrogens is 2. The number of rotatable bonds is 7. The molecular formula is C20H21N3O4S. The van der Waals surface area contributed by atoms with Crippen LogP contribution in [0.2, 0.25) is 0 Å². The highest BCUT2D eigenvalue weighted by Crippen LogP contribution is 2.19. The van der Waals surface area contributed by atoms with Crippen molar-refractivity contribution in [2.45, 2.75) is 39.7 Å². The predicted molar refractivity (Wildman–Crippen MR) is 106 cm³/mol. The smallest absolute Gasteiger partial charge is 0.307 e. The number of ether oxygens (including phenoxy) is 1. The van der Waals surface area contributed by atoms with E-state index in [1.165, 1.54) is 18.3 Å². The molecule has 1 atom stereocenters. The fourth-order valence-electron chi connectivity index (χ4n) is 2.57. The molecule has 2 heterocycles. The molecule has 2 aromatic heterocycles. The van der Waals surface area contributed by atoms with Gasteiger partial charge >= 0.3 is 5.97 Å². The Balaban J connectivity index is 1.48. The number of nitrogens with zero attached hydrogens (tertiary/aromatic N) is 2. The van der Waals surface area contributed by atoms with E-state index >= 15 is 0 Å². The number of anilines is 1. The summed E-state index contributed by atoms with van der Waals surface area (Å²) in [5.74, 6) is -0.0345. The van der Waals surface area contributed by atoms with Crippen molar-refractivity contribution in [1.82, 2.24) is 10.1 Å². The number of aryl methyl sites for hydroxylation is 3. The fraction of sp³-hybridized carbons (Fsp3) is 0.300. The van der Waals surface area contributed by atoms with Gasteiger partial charge in [-0.25, -0.2) is 0 Å². The number of amides is 1. The van der Waals surface area contributed by atoms with Crippen LogP contribution in [0.5, 0.6) is 0 Å². The van der Waals surface area contributed by atoms with Gasteiger partial charge in [0.2, 0.25) is 11.7 Å². The van der Waals surface area contributed by atoms with E-state index in [-0.39, 0.29) is 18.7 Å². The van der Waals surface area contributed by atoms with Crippen LogP contribution in [0.4, 0.5) is 5.69 Å². The van der Waals surface area contributed by atoms with Gasteiger partial charge in [-0.1, -0.05) is 22.9 Å². The molecule has 0 unspecified atom stereocenters. The Bertz CT molecular complexity index is 966. The van der Waals surface area contributed by atoms with Gasteiger partial charge in [0.25, 0.3) is 5.91 Å². The molecule has 0 saturated carbocycles. The van der Waals surface area contributed by atoms with Crippen LogP contribution in [-0.4, -0.2) is 28.1 Å². The van der Waals surface area contributed by atoms with Gasteiger partial charge in [-0.3, -0.25) is 9.59 Å². The maximum Gasteiger partial charge on any atom is 0.307 e. The summed E-state index contributed by atoms with van der Waals surface area (Å²) in [7, 11) is 0. The number of thiophene rings is 1. The molecule has 3 aromatic rings. The molecule has 0 aliphatic heterocycles. The second-order valence-corrected chi connectivity index (χ2v) is 7.24. The van der Waals surface area contributed by atoms with E-state index < -0.39 is 12.1 Å². The van der Waals surface area contributed by atoms with Gasteiger partial charge in [-0.2, -0.15) is 16.3 Å². The molecule has 0 fully saturated rings. The van der Waals surface area contributed by atoms with Crippen LogP contribution in [0.15, 0.2) is 39.5 Å². The van der Waals surface area contributed by atoms with E-state index in [2.05, 4.69) is 15.5 Å². The number of hydrogen-bond donors (Lipinski definition) is 1. The van der Waals surface area contributed by atoms with Crippen LogP contribution < -0.4 is 5.32 Å². The molecule has 0 bridgehead atoms. The zero-order valence-electron chi connectivity index (χ0n) is 15.9. The standard InChI is InChI=1S/C20H21N3O4S/c1-12-4-5-16(13(2)10-12)21-20(25)14(3)26-18(24)7-6-17-22-19(23-27-17)15-8-9-28-11-15/h4-5,8-11,14H,6-7H2,1-3H3,(H,21,25)/t14-/m1/s1. The number of nitrogens with one attached hydrogen (secondary N) is 1. The van der Waals surface area contributed by atoms with E-state index in [0.29, 0.717) is 17.4 Å². The average Bonchev–Trinajstić information content (AvgIpc) is 3.33. The Morgan fingerprint density at radius 1 is 1.29 bits per heavy atom. The van der Waals surface area contributed by atoms with E-state index in [9.17, 15) is 9.59 Å². The van der Waals surface area contributed by atoms with E-state index in [4.69, 9.17) is 9.26 Å². The second-order valence-electron chi connectivity index (χ2n) is 6.46. The van der Waals surface area contributed by atoms with Crippen molar-refractivity contribution in [3.63, 3.8) is 0 Å². The first kappa shape index (κ1) is 19.8. The third-order valence-electron chi connectivity index (χ3n) is 4.11. The van der Waals surface area contributed by atoms with Gasteiger partial charge in [0, 0.05) is 23.1 Å². The molecule has 1 aromatic carbocycles. The molecule has 146 valence electrons. The molecule has 0 saturated heterocycles. The number of hydrogen-bond acceptors (Lipinski definition) is 7. The molecule has 0 radical (unpaired) electrons. The summed E-state index contributed by atoms with van der Waals surface area (Å²) in [6.07, 6.45) is -0.606. The topological polar surface area (TPSA) is 94.3 Å². The first-order chi connectivity index (χ1) is 13.4. The number of esters is 1. The number of carbonyl (C=O) groups is 2. The minimum absolute atomic E-state index is 0.0481. The van der Waals surface area contributed by atoms with E-state index in [0.717, 1.165) is 16.7 Å². The summed E-state index contributed by atoms with van der Waals surface area (Å²) < 4.78 is 10.4. The molecular weight excluding hydrogens is 378 g/mol. The normalized spacial score (nSPS) is 11.8. The first-order valence-electron chi connectivity index (χ1n) is 8.85. The van der Waals surface area contributed by atoms with E-state index in [1.54, 1.807) is 0 Å². The summed E-state index contributed by atoms with van der Waals surface area (Å²) in [4.78, 5) is 28.6. The van der Waals surface area contributed by atoms with Crippen LogP contribution in [-0.2, 0) is 20.7 Å². The van der Waals surface area contributed by atoms with Crippen molar-refractivity contribution >= 4 is 28.9 Å². The lowest BCUT2D eigenvalue weighted by Gasteiger charge is -2.14. The third-order valence-corrected chi connectivity index (χ3v) is 4.79. The number of carbonyl (C=O) groups excluding carboxylic acids is 2. The van der Waals surface area contributed by atoms with Crippen molar-refractivity contribution < 1.29 is 18.8 Å². The van der Waals surface area contributed by atoms with Crippen LogP contribution in [0.25, 0.3) is 11.4 Å². The van der Waals surface area contributed by atoms with Crippen LogP contribution in [0.1, 0.15) is 30.4 Å². The molecule has 28 heavy (non-hydrogen) atoms. The maximum atomic E-state index is 12.3. The molecule has 3 rings (SSSR count). The Morgan fingerprint density at radius 2 is 2.11 bits per heavy atom. The van der Waals surface area contributed by atoms with Gasteiger partial charge < -0.3 is 14.6 Å². The maximum absolute atomic E-state index is 12.3. The second kappa shape index (κ2) is 8.79. The predicted octanol–water partition coefficient (Wildman–Crippen LogP) is 3.92. The van der Waals surface area contributed by atoms with Gasteiger partial charge in [-0.15, -0.1) is 0 Å². The van der Waals surface area contributed by atoms with Gasteiger partial charge in [0.15, 0.2) is 6.10 Å². The molecule has 1 N–H and O–H groups in total. The van der Waals surface area contributed by atoms with Crippen molar-refractivity contribution in [3.05, 3.63) is 52.0 Å². The van der Waals surface area contributed by atoms with Crippen molar-refractivity contribution in [2.24, 2.45) is 0 Å². The lowest BCUT2D eigenvalue weighted by Crippen LogP contribution is -2.30. The van der Waals surface area contributed by atoms with Gasteiger partial charge in [0.05, 0.1) is 6.42 Å². The highest BCUT2D eigenvalue weighted by molar-refractivity contribution is 7.08. The molecule has 7 nitrogen and oxygen atoms in total. The van der Waals surface area contributed by atoms with Crippen LogP contribution in [0.3, 0.4) is 0 Å². The molecule has 0 aliphatic rings. The van der Waals surface area contributed by atoms with Crippen LogP contribution >= 0.6 is 11.3 Å². The van der Waals surface area contributed by atoms with Crippen molar-refractivity contribution in [3.8, 4) is 11.4 Å². The third kappa shape index (κ3) is 5.04. The Kier molecular flexibility index (Phi) is 6.20. The summed E-state index contributed by atoms with van der Waals surface area (Å²) in [5, 5.41) is 10.5. The summed E-state index contributed by atoms with van der Waals surface area (Å²) in [6, 6.07) is 7.61. The van der Waals surface area contributed by atoms with Crippen LogP contribution in [0, 0.1) is 13.8 Å². The molecule has 1 amide bonds. The lowest BCUT2D eigenvalue weighted by molar-refractivity contribution is -0.153. The van der Waals surface area contributed by atoms with Crippen molar-refractivity contribution in [2.75, 3.05) is 5.32 Å². The minimum atomic E-state index is -0.905. The fourth-order valence-corrected chi connectivity index (χ4v) is 3.21. The lowest BCUT2D eigenvalue weighted by atomic mass is 10.1. The Hall–Kier alpha value is -3.00. The molecule has 0 spiro atoms. The van der Waals surface area contributed by atoms with E-state index in [1.807, 2.05) is 48.9 Å². The molecule has 0 aliphatic carbocycles. The summed E-state index contributed by atoms with van der Waals surface area (Å²) >= 11 is 1.54. The van der Waals surface area contributed by atoms with Gasteiger partial charge in [0.1, 0.15) is 0 Å². The quantitative estimate of drug-likeness (QED) is 0.605. The monoisotopic (exact) mass is 399 g/mol. The largest absolute Gasteiger partial charge is 0.453 e. The molecule has 8 heteroatoms. The zero-order valence-corrected chi connectivity index (χ0v) is 16.7. The summed E-state index contributed by atoms with van der Waals surface area (Å²) in [5.41, 5.74) is 3.63. The SMILES string of the molecule is Cc1ccc(NC(=O)[C@@H](C)OC(=O)CCc2nc(-c3ccsc3)no2)c(C)c1. The highest BCUT2D eigenvalue weighted by Gasteiger charge is 2.19. The zero-order chi connectivity index (χ0) is 20.1. The Morgan fingerprint density at radius 3 is 2.82 bits per heavy atom. The number of benzene rings is 1. The first-order valence-corrected chi connectivity index (χ1v) is 9.79. The van der Waals surface area contributed by atoms with Crippen molar-refractivity contribution in [1.29, 1.82) is 0 Å². The average molecular weight is 399 g/mol. The summed E-state index contributed by atoms with van der Waals surface area (Å²) in [6.45, 7) is 5.43.